The number of rotatable bonds is 27. The summed E-state index contributed by atoms with van der Waals surface area (Å²) in [6, 6.07) is 0. The van der Waals surface area contributed by atoms with E-state index < -0.39 is 5.97 Å². The van der Waals surface area contributed by atoms with Crippen LogP contribution in [0.5, 0.6) is 0 Å². The van der Waals surface area contributed by atoms with E-state index >= 15 is 0 Å². The monoisotopic (exact) mass is 486 g/mol. The Balaban J connectivity index is 3.11. The lowest BCUT2D eigenvalue weighted by Gasteiger charge is -2.05. The first-order valence-corrected chi connectivity index (χ1v) is 15.3. The maximum Gasteiger partial charge on any atom is 0.306 e. The van der Waals surface area contributed by atoms with Gasteiger partial charge >= 0.3 is 11.9 Å². The molecule has 196 valence electrons. The van der Waals surface area contributed by atoms with Gasteiger partial charge in [-0.05, 0) is 6.42 Å². The van der Waals surface area contributed by atoms with Crippen LogP contribution < -0.4 is 0 Å². The highest BCUT2D eigenvalue weighted by Crippen LogP contribution is 2.15. The number of ether oxygens (including phenoxy) is 1. The SMILES string of the molecule is CCCCCCCCCCCCCCCCCCCCCCOC(=O)CCSCCC(=O)O. The normalized spacial score (nSPS) is 11.1. The number of hydrogen-bond acceptors (Lipinski definition) is 4. The molecule has 0 aromatic carbocycles. The maximum atomic E-state index is 11.6. The molecule has 0 aromatic heterocycles. The van der Waals surface area contributed by atoms with E-state index in [1.165, 1.54) is 127 Å². The number of thioether (sulfide) groups is 1. The van der Waals surface area contributed by atoms with Crippen molar-refractivity contribution in [2.45, 2.75) is 148 Å². The molecule has 4 nitrogen and oxygen atoms in total. The molecule has 0 bridgehead atoms. The molecule has 0 rings (SSSR count). The third-order valence-electron chi connectivity index (χ3n) is 6.17. The summed E-state index contributed by atoms with van der Waals surface area (Å²) >= 11 is 1.50. The van der Waals surface area contributed by atoms with Gasteiger partial charge in [0.2, 0.25) is 0 Å². The van der Waals surface area contributed by atoms with E-state index in [9.17, 15) is 9.59 Å². The molecule has 0 aliphatic carbocycles. The first kappa shape index (κ1) is 32.3. The Hall–Kier alpha value is -0.710. The quantitative estimate of drug-likeness (QED) is 0.0927. The van der Waals surface area contributed by atoms with Crippen molar-refractivity contribution in [1.82, 2.24) is 0 Å². The average molecular weight is 487 g/mol. The zero-order chi connectivity index (χ0) is 24.2. The third-order valence-corrected chi connectivity index (χ3v) is 7.16. The number of carboxylic acids is 1. The van der Waals surface area contributed by atoms with E-state index in [1.807, 2.05) is 0 Å². The molecular formula is C28H54O4S. The number of unbranched alkanes of at least 4 members (excludes halogenated alkanes) is 19. The summed E-state index contributed by atoms with van der Waals surface area (Å²) in [7, 11) is 0. The second-order valence-corrected chi connectivity index (χ2v) is 10.7. The summed E-state index contributed by atoms with van der Waals surface area (Å²) in [5.41, 5.74) is 0. The molecule has 0 spiro atoms. The summed E-state index contributed by atoms with van der Waals surface area (Å²) in [5.74, 6) is 0.258. The molecular weight excluding hydrogens is 432 g/mol. The fourth-order valence-corrected chi connectivity index (χ4v) is 4.87. The molecule has 0 fully saturated rings. The Morgan fingerprint density at radius 3 is 1.33 bits per heavy atom. The van der Waals surface area contributed by atoms with Gasteiger partial charge in [-0.3, -0.25) is 9.59 Å². The van der Waals surface area contributed by atoms with Crippen molar-refractivity contribution in [2.75, 3.05) is 18.1 Å². The van der Waals surface area contributed by atoms with Gasteiger partial charge in [-0.25, -0.2) is 0 Å². The van der Waals surface area contributed by atoms with Gasteiger partial charge in [0.25, 0.3) is 0 Å². The largest absolute Gasteiger partial charge is 0.481 e. The van der Waals surface area contributed by atoms with Crippen LogP contribution in [0.25, 0.3) is 0 Å². The zero-order valence-electron chi connectivity index (χ0n) is 21.8. The summed E-state index contributed by atoms with van der Waals surface area (Å²) < 4.78 is 5.24. The van der Waals surface area contributed by atoms with Crippen molar-refractivity contribution in [3.8, 4) is 0 Å². The smallest absolute Gasteiger partial charge is 0.306 e. The number of aliphatic carboxylic acids is 1. The van der Waals surface area contributed by atoms with E-state index in [1.54, 1.807) is 0 Å². The fraction of sp³-hybridized carbons (Fsp3) is 0.929. The molecule has 1 N–H and O–H groups in total. The van der Waals surface area contributed by atoms with Crippen LogP contribution in [-0.2, 0) is 14.3 Å². The Morgan fingerprint density at radius 1 is 0.576 bits per heavy atom. The van der Waals surface area contributed by atoms with Crippen molar-refractivity contribution in [2.24, 2.45) is 0 Å². The van der Waals surface area contributed by atoms with Gasteiger partial charge in [0.1, 0.15) is 0 Å². The Kier molecular flexibility index (Phi) is 26.9. The van der Waals surface area contributed by atoms with E-state index in [4.69, 9.17) is 9.84 Å². The highest BCUT2D eigenvalue weighted by molar-refractivity contribution is 7.99. The Bertz CT molecular complexity index is 428. The number of hydrogen-bond donors (Lipinski definition) is 1. The van der Waals surface area contributed by atoms with Gasteiger partial charge in [0.15, 0.2) is 0 Å². The fourth-order valence-electron chi connectivity index (χ4n) is 4.03. The van der Waals surface area contributed by atoms with Crippen LogP contribution in [0.15, 0.2) is 0 Å². The highest BCUT2D eigenvalue weighted by Gasteiger charge is 2.03. The van der Waals surface area contributed by atoms with E-state index in [2.05, 4.69) is 6.92 Å². The van der Waals surface area contributed by atoms with Crippen LogP contribution in [0.2, 0.25) is 0 Å². The van der Waals surface area contributed by atoms with Crippen molar-refractivity contribution in [3.05, 3.63) is 0 Å². The maximum absolute atomic E-state index is 11.6. The molecule has 0 radical (unpaired) electrons. The summed E-state index contributed by atoms with van der Waals surface area (Å²) in [5, 5.41) is 8.55. The molecule has 0 saturated carbocycles. The number of carboxylic acid groups (broad SMARTS) is 1. The summed E-state index contributed by atoms with van der Waals surface area (Å²) in [6.07, 6.45) is 27.8. The van der Waals surface area contributed by atoms with E-state index in [0.29, 0.717) is 24.5 Å². The van der Waals surface area contributed by atoms with Crippen molar-refractivity contribution in [1.29, 1.82) is 0 Å². The second kappa shape index (κ2) is 27.5. The molecule has 5 heteroatoms. The van der Waals surface area contributed by atoms with Gasteiger partial charge in [0.05, 0.1) is 19.4 Å². The van der Waals surface area contributed by atoms with Crippen LogP contribution in [0.4, 0.5) is 0 Å². The van der Waals surface area contributed by atoms with Crippen LogP contribution >= 0.6 is 11.8 Å². The summed E-state index contributed by atoms with van der Waals surface area (Å²) in [4.78, 5) is 22.0. The van der Waals surface area contributed by atoms with Crippen LogP contribution in [0.3, 0.4) is 0 Å². The Morgan fingerprint density at radius 2 is 0.939 bits per heavy atom. The lowest BCUT2D eigenvalue weighted by molar-refractivity contribution is -0.143. The first-order chi connectivity index (χ1) is 16.2. The minimum Gasteiger partial charge on any atom is -0.481 e. The second-order valence-electron chi connectivity index (χ2n) is 9.44. The first-order valence-electron chi connectivity index (χ1n) is 14.1. The molecule has 0 aliphatic rings. The van der Waals surface area contributed by atoms with Gasteiger partial charge in [-0.15, -0.1) is 0 Å². The van der Waals surface area contributed by atoms with Gasteiger partial charge in [-0.2, -0.15) is 11.8 Å². The van der Waals surface area contributed by atoms with Crippen molar-refractivity contribution in [3.63, 3.8) is 0 Å². The third kappa shape index (κ3) is 29.3. The molecule has 0 unspecified atom stereocenters. The Labute approximate surface area is 209 Å². The van der Waals surface area contributed by atoms with Crippen LogP contribution in [0, 0.1) is 0 Å². The lowest BCUT2D eigenvalue weighted by Crippen LogP contribution is -2.07. The minimum absolute atomic E-state index is 0.152. The summed E-state index contributed by atoms with van der Waals surface area (Å²) in [6.45, 7) is 2.81. The molecule has 33 heavy (non-hydrogen) atoms. The number of carbonyl (C=O) groups is 2. The van der Waals surface area contributed by atoms with E-state index in [0.717, 1.165) is 12.8 Å². The molecule has 0 aromatic rings. The van der Waals surface area contributed by atoms with Gasteiger partial charge in [-0.1, -0.05) is 129 Å². The molecule has 0 amide bonds. The van der Waals surface area contributed by atoms with Gasteiger partial charge < -0.3 is 9.84 Å². The molecule has 0 aliphatic heterocycles. The number of esters is 1. The topological polar surface area (TPSA) is 63.6 Å². The zero-order valence-corrected chi connectivity index (χ0v) is 22.6. The van der Waals surface area contributed by atoms with Crippen molar-refractivity contribution >= 4 is 23.7 Å². The van der Waals surface area contributed by atoms with Crippen LogP contribution in [-0.4, -0.2) is 35.2 Å². The lowest BCUT2D eigenvalue weighted by atomic mass is 10.0. The van der Waals surface area contributed by atoms with Gasteiger partial charge in [0, 0.05) is 11.5 Å². The number of carbonyl (C=O) groups excluding carboxylic acids is 1. The molecule has 0 atom stereocenters. The standard InChI is InChI=1S/C28H54O4S/c1-2-3-4-5-6-7-8-9-10-11-12-13-14-15-16-17-18-19-20-21-24-32-28(31)23-26-33-25-22-27(29)30/h2-26H2,1H3,(H,29,30). The minimum atomic E-state index is -0.787. The predicted molar refractivity (Wildman–Crippen MR) is 143 cm³/mol. The van der Waals surface area contributed by atoms with Crippen molar-refractivity contribution < 1.29 is 19.4 Å². The van der Waals surface area contributed by atoms with Crippen LogP contribution in [0.1, 0.15) is 148 Å². The molecule has 0 saturated heterocycles. The molecule has 0 heterocycles. The average Bonchev–Trinajstić information content (AvgIpc) is 2.79. The predicted octanol–water partition coefficient (Wildman–Crippen LogP) is 8.95. The highest BCUT2D eigenvalue weighted by atomic mass is 32.2. The van der Waals surface area contributed by atoms with E-state index in [-0.39, 0.29) is 12.4 Å².